The third-order valence-electron chi connectivity index (χ3n) is 4.21. The van der Waals surface area contributed by atoms with Gasteiger partial charge in [-0.05, 0) is 24.5 Å². The zero-order valence-corrected chi connectivity index (χ0v) is 16.7. The molecule has 0 aliphatic carbocycles. The minimum Gasteiger partial charge on any atom is -0.312 e. The highest BCUT2D eigenvalue weighted by molar-refractivity contribution is 7.74. The van der Waals surface area contributed by atoms with Gasteiger partial charge in [-0.3, -0.25) is 8.74 Å². The van der Waals surface area contributed by atoms with Crippen molar-refractivity contribution in [1.29, 1.82) is 0 Å². The van der Waals surface area contributed by atoms with E-state index in [-0.39, 0.29) is 5.92 Å². The van der Waals surface area contributed by atoms with Crippen LogP contribution in [0.3, 0.4) is 0 Å². The van der Waals surface area contributed by atoms with E-state index >= 15 is 0 Å². The first-order chi connectivity index (χ1) is 13.1. The van der Waals surface area contributed by atoms with Gasteiger partial charge >= 0.3 is 20.0 Å². The van der Waals surface area contributed by atoms with Crippen molar-refractivity contribution in [2.45, 2.75) is 26.1 Å². The van der Waals surface area contributed by atoms with Crippen LogP contribution in [0.25, 0.3) is 0 Å². The van der Waals surface area contributed by atoms with Gasteiger partial charge in [-0.2, -0.15) is 4.21 Å². The molecule has 2 aromatic carbocycles. The summed E-state index contributed by atoms with van der Waals surface area (Å²) in [7, 11) is -1.37. The fourth-order valence-electron chi connectivity index (χ4n) is 2.74. The SMILES string of the molecule is Cc1ccc(C(CC2COP(OCc3ccccc3)OC2)OS(=O)O)cc1. The molecule has 1 aliphatic heterocycles. The normalized spacial score (nSPS) is 22.3. The second-order valence-electron chi connectivity index (χ2n) is 6.39. The number of benzene rings is 2. The Kier molecular flexibility index (Phi) is 7.91. The van der Waals surface area contributed by atoms with Gasteiger partial charge in [0.1, 0.15) is 6.10 Å². The van der Waals surface area contributed by atoms with Crippen molar-refractivity contribution in [3.63, 3.8) is 0 Å². The van der Waals surface area contributed by atoms with Crippen molar-refractivity contribution >= 4 is 20.0 Å². The van der Waals surface area contributed by atoms with Crippen molar-refractivity contribution in [2.75, 3.05) is 13.2 Å². The lowest BCUT2D eigenvalue weighted by atomic mass is 9.97. The Morgan fingerprint density at radius 3 is 2.44 bits per heavy atom. The summed E-state index contributed by atoms with van der Waals surface area (Å²) in [5.74, 6) is 0.0546. The van der Waals surface area contributed by atoms with E-state index in [1.165, 1.54) is 0 Å². The Bertz CT molecular complexity index is 719. The predicted octanol–water partition coefficient (Wildman–Crippen LogP) is 4.69. The molecule has 27 heavy (non-hydrogen) atoms. The third kappa shape index (κ3) is 6.73. The Morgan fingerprint density at radius 1 is 1.15 bits per heavy atom. The lowest BCUT2D eigenvalue weighted by molar-refractivity contribution is 0.0463. The number of rotatable bonds is 8. The van der Waals surface area contributed by atoms with Gasteiger partial charge in [0.05, 0.1) is 19.8 Å². The summed E-state index contributed by atoms with van der Waals surface area (Å²) in [6.07, 6.45) is 0.0280. The quantitative estimate of drug-likeness (QED) is 0.503. The average Bonchev–Trinajstić information content (AvgIpc) is 2.68. The Morgan fingerprint density at radius 2 is 1.81 bits per heavy atom. The Labute approximate surface area is 163 Å². The summed E-state index contributed by atoms with van der Waals surface area (Å²) in [6.45, 7) is 3.36. The summed E-state index contributed by atoms with van der Waals surface area (Å²) < 4.78 is 42.6. The van der Waals surface area contributed by atoms with Crippen LogP contribution in [0.1, 0.15) is 29.2 Å². The monoisotopic (exact) mass is 410 g/mol. The lowest BCUT2D eigenvalue weighted by Crippen LogP contribution is -2.23. The fraction of sp³-hybridized carbons (Fsp3) is 0.368. The molecule has 0 radical (unpaired) electrons. The molecule has 2 unspecified atom stereocenters. The largest absolute Gasteiger partial charge is 0.333 e. The number of hydrogen-bond acceptors (Lipinski definition) is 5. The van der Waals surface area contributed by atoms with E-state index < -0.39 is 26.1 Å². The molecule has 8 heteroatoms. The molecule has 0 amide bonds. The molecular formula is C19H23O6PS. The number of aryl methyl sites for hydroxylation is 1. The van der Waals surface area contributed by atoms with Crippen LogP contribution in [-0.4, -0.2) is 22.0 Å². The minimum absolute atomic E-state index is 0.0546. The van der Waals surface area contributed by atoms with Crippen LogP contribution in [0.5, 0.6) is 0 Å². The highest BCUT2D eigenvalue weighted by Crippen LogP contribution is 2.45. The zero-order chi connectivity index (χ0) is 19.1. The average molecular weight is 410 g/mol. The molecule has 0 saturated carbocycles. The van der Waals surface area contributed by atoms with E-state index in [0.29, 0.717) is 26.2 Å². The summed E-state index contributed by atoms with van der Waals surface area (Å²) in [5.41, 5.74) is 3.04. The molecule has 1 saturated heterocycles. The smallest absolute Gasteiger partial charge is 0.312 e. The standard InChI is InChI=1S/C19H23O6PS/c1-15-7-9-18(10-8-15)19(25-27(20)21)11-17-13-23-26(24-14-17)22-12-16-5-3-2-4-6-16/h2-10,17,19H,11-14H2,1H3,(H,20,21). The van der Waals surface area contributed by atoms with E-state index in [2.05, 4.69) is 0 Å². The molecule has 0 aromatic heterocycles. The number of hydrogen-bond donors (Lipinski definition) is 1. The molecule has 0 spiro atoms. The first-order valence-electron chi connectivity index (χ1n) is 8.67. The maximum absolute atomic E-state index is 11.2. The molecule has 1 aliphatic rings. The van der Waals surface area contributed by atoms with Crippen LogP contribution in [0.2, 0.25) is 0 Å². The maximum atomic E-state index is 11.2. The molecule has 1 heterocycles. The van der Waals surface area contributed by atoms with Gasteiger partial charge in [0.2, 0.25) is 0 Å². The van der Waals surface area contributed by atoms with Gasteiger partial charge in [0.15, 0.2) is 0 Å². The summed E-state index contributed by atoms with van der Waals surface area (Å²) in [6, 6.07) is 17.6. The van der Waals surface area contributed by atoms with Crippen molar-refractivity contribution in [2.24, 2.45) is 5.92 Å². The van der Waals surface area contributed by atoms with E-state index in [1.807, 2.05) is 61.5 Å². The lowest BCUT2D eigenvalue weighted by Gasteiger charge is -2.29. The predicted molar refractivity (Wildman–Crippen MR) is 104 cm³/mol. The molecule has 146 valence electrons. The highest BCUT2D eigenvalue weighted by Gasteiger charge is 2.28. The van der Waals surface area contributed by atoms with E-state index in [0.717, 1.165) is 16.7 Å². The summed E-state index contributed by atoms with van der Waals surface area (Å²) in [5, 5.41) is 0. The van der Waals surface area contributed by atoms with E-state index in [4.69, 9.17) is 22.3 Å². The van der Waals surface area contributed by atoms with Crippen LogP contribution >= 0.6 is 8.60 Å². The van der Waals surface area contributed by atoms with Crippen LogP contribution in [0, 0.1) is 12.8 Å². The van der Waals surface area contributed by atoms with Crippen molar-refractivity contribution in [1.82, 2.24) is 0 Å². The Hall–Kier alpha value is -1.18. The minimum atomic E-state index is -2.34. The topological polar surface area (TPSA) is 74.2 Å². The van der Waals surface area contributed by atoms with Gasteiger partial charge in [-0.1, -0.05) is 60.2 Å². The van der Waals surface area contributed by atoms with Crippen LogP contribution in [-0.2, 0) is 35.7 Å². The van der Waals surface area contributed by atoms with Gasteiger partial charge in [-0.15, -0.1) is 0 Å². The van der Waals surface area contributed by atoms with Gasteiger partial charge in [0, 0.05) is 5.92 Å². The molecule has 2 atom stereocenters. The second kappa shape index (κ2) is 10.4. The summed E-state index contributed by atoms with van der Waals surface area (Å²) >= 11 is -2.34. The van der Waals surface area contributed by atoms with Crippen molar-refractivity contribution in [3.8, 4) is 0 Å². The molecular weight excluding hydrogens is 387 g/mol. The van der Waals surface area contributed by atoms with Crippen LogP contribution < -0.4 is 0 Å². The molecule has 1 fully saturated rings. The fourth-order valence-corrected chi connectivity index (χ4v) is 4.28. The van der Waals surface area contributed by atoms with Gasteiger partial charge in [-0.25, -0.2) is 0 Å². The van der Waals surface area contributed by atoms with E-state index in [1.54, 1.807) is 0 Å². The molecule has 0 bridgehead atoms. The van der Waals surface area contributed by atoms with Crippen LogP contribution in [0.4, 0.5) is 0 Å². The Balaban J connectivity index is 1.49. The van der Waals surface area contributed by atoms with E-state index in [9.17, 15) is 4.21 Å². The van der Waals surface area contributed by atoms with Gasteiger partial charge in [0.25, 0.3) is 0 Å². The van der Waals surface area contributed by atoms with Gasteiger partial charge < -0.3 is 13.6 Å². The highest BCUT2D eigenvalue weighted by atomic mass is 32.2. The van der Waals surface area contributed by atoms with Crippen LogP contribution in [0.15, 0.2) is 54.6 Å². The van der Waals surface area contributed by atoms with Crippen molar-refractivity contribution in [3.05, 3.63) is 71.3 Å². The molecule has 6 nitrogen and oxygen atoms in total. The molecule has 1 N–H and O–H groups in total. The summed E-state index contributed by atoms with van der Waals surface area (Å²) in [4.78, 5) is 0. The molecule has 3 rings (SSSR count). The third-order valence-corrected chi connectivity index (χ3v) is 5.66. The first kappa shape index (κ1) is 20.6. The maximum Gasteiger partial charge on any atom is 0.333 e. The zero-order valence-electron chi connectivity index (χ0n) is 15.0. The first-order valence-corrected chi connectivity index (χ1v) is 10.8. The van der Waals surface area contributed by atoms with Crippen molar-refractivity contribution < 1.29 is 26.5 Å². The second-order valence-corrected chi connectivity index (χ2v) is 8.24. The molecule has 2 aromatic rings.